The second-order valence-corrected chi connectivity index (χ2v) is 23.8. The fourth-order valence-electron chi connectivity index (χ4n) is 10.5. The SMILES string of the molecule is CC(=O)C(=NCc1ccc(NC(=O)C(C)CC(C)c2ccccc2)cc1)C(=O)Nc1cc(NC(=O)C(=NCc2ccc(NC(=O)C(C)CC(C)c3ccccc3)cc2)C(C)=O)cc(NC(=O)/C(=N\Nc2ccc(CC(=O)C(C)CC(C)c3ccccc3)cc2)C(C)=O)c1. The molecule has 0 spiro atoms. The zero-order chi connectivity index (χ0) is 67.1. The van der Waals surface area contributed by atoms with Crippen molar-refractivity contribution >= 4 is 104 Å². The fraction of sp³-hybridized carbons (Fsp3) is 0.280. The highest BCUT2D eigenvalue weighted by atomic mass is 16.2. The van der Waals surface area contributed by atoms with Crippen LogP contribution in [0.1, 0.15) is 133 Å². The largest absolute Gasteiger partial charge is 0.326 e. The highest BCUT2D eigenvalue weighted by Gasteiger charge is 2.25. The summed E-state index contributed by atoms with van der Waals surface area (Å²) in [5.41, 5.74) is 8.09. The van der Waals surface area contributed by atoms with E-state index in [4.69, 9.17) is 0 Å². The monoisotopic (exact) mass is 1250 g/mol. The van der Waals surface area contributed by atoms with E-state index >= 15 is 0 Å². The molecule has 6 N–H and O–H groups in total. The summed E-state index contributed by atoms with van der Waals surface area (Å²) in [6.45, 7) is 15.2. The van der Waals surface area contributed by atoms with Gasteiger partial charge in [-0.15, -0.1) is 0 Å². The van der Waals surface area contributed by atoms with Gasteiger partial charge in [0.15, 0.2) is 34.5 Å². The van der Waals surface area contributed by atoms with E-state index in [0.717, 1.165) is 23.6 Å². The number of hydrazone groups is 1. The number of nitrogens with one attached hydrogen (secondary N) is 6. The summed E-state index contributed by atoms with van der Waals surface area (Å²) in [5, 5.41) is 17.9. The number of amides is 5. The maximum absolute atomic E-state index is 14.0. The van der Waals surface area contributed by atoms with Gasteiger partial charge in [0.25, 0.3) is 17.7 Å². The second kappa shape index (κ2) is 34.0. The third-order valence-electron chi connectivity index (χ3n) is 15.9. The van der Waals surface area contributed by atoms with E-state index in [1.807, 2.05) is 99.6 Å². The van der Waals surface area contributed by atoms with Crippen LogP contribution >= 0.6 is 0 Å². The van der Waals surface area contributed by atoms with Crippen LogP contribution in [0, 0.1) is 17.8 Å². The highest BCUT2D eigenvalue weighted by Crippen LogP contribution is 2.29. The zero-order valence-corrected chi connectivity index (χ0v) is 54.0. The molecule has 0 aromatic heterocycles. The van der Waals surface area contributed by atoms with E-state index < -0.39 is 52.2 Å². The molecule has 480 valence electrons. The summed E-state index contributed by atoms with van der Waals surface area (Å²) < 4.78 is 0. The van der Waals surface area contributed by atoms with Gasteiger partial charge in [0, 0.05) is 73.4 Å². The van der Waals surface area contributed by atoms with E-state index in [1.54, 1.807) is 72.8 Å². The Morgan fingerprint density at radius 1 is 0.344 bits per heavy atom. The minimum atomic E-state index is -0.982. The average molecular weight is 1250 g/mol. The topological polar surface area (TPSA) is 263 Å². The number of aliphatic imine (C=N–C) groups is 2. The summed E-state index contributed by atoms with van der Waals surface area (Å²) in [6, 6.07) is 54.4. The van der Waals surface area contributed by atoms with Crippen molar-refractivity contribution in [1.82, 2.24) is 0 Å². The molecule has 7 aromatic carbocycles. The van der Waals surface area contributed by atoms with Gasteiger partial charge in [0.2, 0.25) is 11.8 Å². The van der Waals surface area contributed by atoms with Crippen molar-refractivity contribution < 1.29 is 43.2 Å². The van der Waals surface area contributed by atoms with Crippen LogP contribution in [0.5, 0.6) is 0 Å². The van der Waals surface area contributed by atoms with Crippen molar-refractivity contribution in [3.8, 4) is 0 Å². The molecule has 93 heavy (non-hydrogen) atoms. The number of hydrogen-bond donors (Lipinski definition) is 6. The third kappa shape index (κ3) is 21.5. The predicted octanol–water partition coefficient (Wildman–Crippen LogP) is 13.5. The summed E-state index contributed by atoms with van der Waals surface area (Å²) in [6.07, 6.45) is 2.20. The van der Waals surface area contributed by atoms with Gasteiger partial charge < -0.3 is 26.6 Å². The molecule has 0 bridgehead atoms. The standard InChI is InChI=1S/C75H81N9O9/c1-46(58-19-13-10-14-20-58)37-49(4)67(88)40-55-25-35-63(36-26-55)83-84-70(54(9)87)75(93)82-66-42-64(80-73(91)68(52(7)85)76-44-56-27-31-61(32-28-56)78-71(89)50(5)38-47(2)59-21-15-11-16-22-59)41-65(43-66)81-74(92)69(53(8)86)77-45-57-29-33-62(34-30-57)79-72(90)51(6)39-48(3)60-23-17-12-18-24-60/h10-36,41-43,46-51,83H,37-40,44-45H2,1-9H3,(H,78,89)(H,79,90)(H,80,91)(H,81,92)(H,82,93)/b76-68?,77-69?,84-70-. The van der Waals surface area contributed by atoms with Gasteiger partial charge in [-0.2, -0.15) is 5.10 Å². The van der Waals surface area contributed by atoms with Gasteiger partial charge in [-0.25, -0.2) is 0 Å². The Hall–Kier alpha value is -10.6. The van der Waals surface area contributed by atoms with Crippen LogP contribution in [0.15, 0.2) is 197 Å². The molecule has 18 nitrogen and oxygen atoms in total. The van der Waals surface area contributed by atoms with Crippen LogP contribution in [0.25, 0.3) is 0 Å². The summed E-state index contributed by atoms with van der Waals surface area (Å²) in [7, 11) is 0. The number of anilines is 6. The molecule has 0 heterocycles. The molecule has 5 amide bonds. The van der Waals surface area contributed by atoms with Crippen molar-refractivity contribution in [1.29, 1.82) is 0 Å². The Kier molecular flexibility index (Phi) is 25.5. The molecule has 18 heteroatoms. The summed E-state index contributed by atoms with van der Waals surface area (Å²) >= 11 is 0. The van der Waals surface area contributed by atoms with E-state index in [-0.39, 0.29) is 89.7 Å². The molecular formula is C75H81N9O9. The number of hydrogen-bond acceptors (Lipinski definition) is 13. The van der Waals surface area contributed by atoms with Crippen molar-refractivity contribution in [2.45, 2.75) is 119 Å². The quantitative estimate of drug-likeness (QED) is 0.0136. The molecule has 0 fully saturated rings. The van der Waals surface area contributed by atoms with Crippen molar-refractivity contribution in [3.63, 3.8) is 0 Å². The van der Waals surface area contributed by atoms with Crippen LogP contribution < -0.4 is 32.0 Å². The Morgan fingerprint density at radius 2 is 0.656 bits per heavy atom. The number of nitrogens with zero attached hydrogens (tertiary/aromatic N) is 3. The second-order valence-electron chi connectivity index (χ2n) is 23.8. The lowest BCUT2D eigenvalue weighted by Crippen LogP contribution is -2.31. The van der Waals surface area contributed by atoms with E-state index in [1.165, 1.54) is 37.6 Å². The lowest BCUT2D eigenvalue weighted by Gasteiger charge is -2.17. The van der Waals surface area contributed by atoms with Gasteiger partial charge in [0.1, 0.15) is 5.78 Å². The molecule has 0 aliphatic rings. The minimum absolute atomic E-state index is 0.0544. The fourth-order valence-corrected chi connectivity index (χ4v) is 10.5. The molecule has 0 aliphatic heterocycles. The number of carbonyl (C=O) groups is 9. The lowest BCUT2D eigenvalue weighted by atomic mass is 9.87. The van der Waals surface area contributed by atoms with Crippen molar-refractivity contribution in [2.75, 3.05) is 32.0 Å². The van der Waals surface area contributed by atoms with Crippen LogP contribution in [0.4, 0.5) is 34.1 Å². The molecule has 6 unspecified atom stereocenters. The van der Waals surface area contributed by atoms with Gasteiger partial charge in [-0.3, -0.25) is 58.6 Å². The van der Waals surface area contributed by atoms with Crippen LogP contribution in [-0.2, 0) is 62.7 Å². The van der Waals surface area contributed by atoms with Crippen molar-refractivity contribution in [3.05, 3.63) is 215 Å². The van der Waals surface area contributed by atoms with Gasteiger partial charge in [0.05, 0.1) is 18.8 Å². The van der Waals surface area contributed by atoms with E-state index in [2.05, 4.69) is 80.0 Å². The van der Waals surface area contributed by atoms with Crippen molar-refractivity contribution in [2.24, 2.45) is 32.8 Å². The number of Topliss-reactive ketones (excluding diaryl/α,β-unsaturated/α-hetero) is 4. The van der Waals surface area contributed by atoms with Gasteiger partial charge in [-0.05, 0) is 125 Å². The predicted molar refractivity (Wildman–Crippen MR) is 369 cm³/mol. The highest BCUT2D eigenvalue weighted by molar-refractivity contribution is 6.68. The van der Waals surface area contributed by atoms with E-state index in [9.17, 15) is 43.2 Å². The first kappa shape index (κ1) is 69.8. The van der Waals surface area contributed by atoms with E-state index in [0.29, 0.717) is 47.5 Å². The number of carbonyl (C=O) groups excluding carboxylic acids is 9. The van der Waals surface area contributed by atoms with Gasteiger partial charge >= 0.3 is 0 Å². The molecular weight excluding hydrogens is 1170 g/mol. The molecule has 7 rings (SSSR count). The molecule has 0 saturated carbocycles. The third-order valence-corrected chi connectivity index (χ3v) is 15.9. The first-order valence-electron chi connectivity index (χ1n) is 31.1. The molecule has 6 atom stereocenters. The Balaban J connectivity index is 1.05. The molecule has 0 aliphatic carbocycles. The van der Waals surface area contributed by atoms with Crippen LogP contribution in [0.3, 0.4) is 0 Å². The number of benzene rings is 7. The Labute approximate surface area is 543 Å². The first-order valence-corrected chi connectivity index (χ1v) is 31.1. The minimum Gasteiger partial charge on any atom is -0.326 e. The Morgan fingerprint density at radius 3 is 1.00 bits per heavy atom. The maximum Gasteiger partial charge on any atom is 0.279 e. The van der Waals surface area contributed by atoms with Gasteiger partial charge in [-0.1, -0.05) is 169 Å². The number of ketones is 4. The zero-order valence-electron chi connectivity index (χ0n) is 54.0. The normalized spacial score (nSPS) is 13.6. The molecule has 0 saturated heterocycles. The maximum atomic E-state index is 14.0. The van der Waals surface area contributed by atoms with Crippen LogP contribution in [0.2, 0.25) is 0 Å². The van der Waals surface area contributed by atoms with Crippen LogP contribution in [-0.4, -0.2) is 69.8 Å². The molecule has 0 radical (unpaired) electrons. The Bertz CT molecular complexity index is 3470. The average Bonchev–Trinajstić information content (AvgIpc) is 2.40. The summed E-state index contributed by atoms with van der Waals surface area (Å²) in [5.74, 6) is -5.31. The smallest absolute Gasteiger partial charge is 0.279 e. The lowest BCUT2D eigenvalue weighted by molar-refractivity contribution is -0.122. The molecule has 7 aromatic rings. The number of rotatable bonds is 31. The summed E-state index contributed by atoms with van der Waals surface area (Å²) in [4.78, 5) is 129. The first-order chi connectivity index (χ1) is 44.5.